The second-order valence-electron chi connectivity index (χ2n) is 8.22. The minimum absolute atomic E-state index is 0.0296. The summed E-state index contributed by atoms with van der Waals surface area (Å²) in [5, 5.41) is 3.05. The average Bonchev–Trinajstić information content (AvgIpc) is 3.36. The first-order valence-corrected chi connectivity index (χ1v) is 10.8. The highest BCUT2D eigenvalue weighted by molar-refractivity contribution is 6.08. The predicted molar refractivity (Wildman–Crippen MR) is 120 cm³/mol. The first-order chi connectivity index (χ1) is 15.6. The molecule has 1 spiro atoms. The molecule has 3 aromatic rings. The number of hydrogen-bond acceptors (Lipinski definition) is 5. The fraction of sp³-hybridized carbons (Fsp3) is 0.280. The Morgan fingerprint density at radius 3 is 2.59 bits per heavy atom. The number of amides is 2. The van der Waals surface area contributed by atoms with E-state index in [1.54, 1.807) is 0 Å². The number of nitrogens with one attached hydrogen (secondary N) is 1. The van der Waals surface area contributed by atoms with E-state index in [0.717, 1.165) is 17.7 Å². The molecule has 1 fully saturated rings. The molecule has 7 nitrogen and oxygen atoms in total. The van der Waals surface area contributed by atoms with Crippen molar-refractivity contribution in [1.29, 1.82) is 0 Å². The lowest BCUT2D eigenvalue weighted by Gasteiger charge is -2.34. The van der Waals surface area contributed by atoms with Crippen LogP contribution in [0.4, 0.5) is 5.69 Å². The van der Waals surface area contributed by atoms with E-state index in [-0.39, 0.29) is 23.9 Å². The quantitative estimate of drug-likeness (QED) is 0.675. The van der Waals surface area contributed by atoms with E-state index in [4.69, 9.17) is 4.74 Å². The van der Waals surface area contributed by atoms with Gasteiger partial charge in [0.25, 0.3) is 5.91 Å². The number of nitrogens with zero attached hydrogens (tertiary/aromatic N) is 3. The summed E-state index contributed by atoms with van der Waals surface area (Å²) in [6.45, 7) is 0.492. The molecule has 0 unspecified atom stereocenters. The van der Waals surface area contributed by atoms with Crippen molar-refractivity contribution in [3.05, 3.63) is 83.7 Å². The van der Waals surface area contributed by atoms with Gasteiger partial charge in [-0.1, -0.05) is 48.5 Å². The molecule has 5 rings (SSSR count). The molecule has 3 heterocycles. The zero-order valence-electron chi connectivity index (χ0n) is 17.8. The molecule has 0 saturated carbocycles. The van der Waals surface area contributed by atoms with Crippen molar-refractivity contribution in [1.82, 2.24) is 14.9 Å². The summed E-state index contributed by atoms with van der Waals surface area (Å²) < 4.78 is 5.01. The molecular formula is C25H24N4O3. The van der Waals surface area contributed by atoms with Crippen LogP contribution in [0.25, 0.3) is 0 Å². The van der Waals surface area contributed by atoms with Crippen LogP contribution in [0.1, 0.15) is 34.3 Å². The molecule has 1 saturated heterocycles. The second kappa shape index (κ2) is 8.07. The van der Waals surface area contributed by atoms with Crippen LogP contribution >= 0.6 is 0 Å². The third-order valence-electron chi connectivity index (χ3n) is 6.62. The highest BCUT2D eigenvalue weighted by Crippen LogP contribution is 2.49. The van der Waals surface area contributed by atoms with Gasteiger partial charge in [-0.15, -0.1) is 0 Å². The second-order valence-corrected chi connectivity index (χ2v) is 8.22. The molecule has 0 aliphatic carbocycles. The van der Waals surface area contributed by atoms with Crippen molar-refractivity contribution in [2.45, 2.75) is 30.7 Å². The number of aryl methyl sites for hydroxylation is 1. The molecular weight excluding hydrogens is 404 g/mol. The van der Waals surface area contributed by atoms with Crippen LogP contribution in [-0.2, 0) is 16.6 Å². The topological polar surface area (TPSA) is 84.4 Å². The van der Waals surface area contributed by atoms with Crippen molar-refractivity contribution in [2.24, 2.45) is 0 Å². The van der Waals surface area contributed by atoms with Gasteiger partial charge in [0.1, 0.15) is 0 Å². The number of hydrogen-bond donors (Lipinski definition) is 1. The molecule has 1 aromatic heterocycles. The Morgan fingerprint density at radius 2 is 1.84 bits per heavy atom. The summed E-state index contributed by atoms with van der Waals surface area (Å²) in [5.41, 5.74) is 2.63. The van der Waals surface area contributed by atoms with E-state index >= 15 is 0 Å². The number of likely N-dealkylation sites (tertiary alicyclic amines) is 1. The summed E-state index contributed by atoms with van der Waals surface area (Å²) in [6, 6.07) is 17.9. The maximum absolute atomic E-state index is 13.5. The third-order valence-corrected chi connectivity index (χ3v) is 6.62. The van der Waals surface area contributed by atoms with E-state index in [0.29, 0.717) is 24.9 Å². The first kappa shape index (κ1) is 20.2. The van der Waals surface area contributed by atoms with Crippen molar-refractivity contribution >= 4 is 17.5 Å². The van der Waals surface area contributed by atoms with Gasteiger partial charge in [0.05, 0.1) is 24.1 Å². The lowest BCUT2D eigenvalue weighted by atomic mass is 9.73. The highest BCUT2D eigenvalue weighted by atomic mass is 16.5. The Morgan fingerprint density at radius 1 is 1.12 bits per heavy atom. The Kier molecular flexibility index (Phi) is 5.09. The average molecular weight is 428 g/mol. The van der Waals surface area contributed by atoms with Crippen LogP contribution in [0.5, 0.6) is 6.01 Å². The molecule has 2 aromatic carbocycles. The smallest absolute Gasteiger partial charge is 0.316 e. The number of anilines is 1. The molecule has 162 valence electrons. The highest BCUT2D eigenvalue weighted by Gasteiger charge is 2.58. The molecule has 0 radical (unpaired) electrons. The third kappa shape index (κ3) is 3.21. The van der Waals surface area contributed by atoms with Gasteiger partial charge < -0.3 is 15.0 Å². The zero-order chi connectivity index (χ0) is 22.1. The summed E-state index contributed by atoms with van der Waals surface area (Å²) >= 11 is 0. The Bertz CT molecular complexity index is 1150. The van der Waals surface area contributed by atoms with E-state index in [9.17, 15) is 9.59 Å². The molecule has 2 amide bonds. The number of para-hydroxylation sites is 1. The standard InChI is InChI=1S/C25H24N4O3/c1-32-24-26-15-18(16-27-24)22(30)29-14-13-25(19-9-5-6-10-20(19)28-23(25)31)21(29)12-11-17-7-3-2-4-8-17/h2-10,15-16,21H,11-14H2,1H3,(H,28,31)/t21-,25+/m0/s1. The number of aromatic nitrogens is 2. The minimum atomic E-state index is -0.756. The van der Waals surface area contributed by atoms with Crippen LogP contribution in [0.2, 0.25) is 0 Å². The van der Waals surface area contributed by atoms with Crippen molar-refractivity contribution in [2.75, 3.05) is 19.0 Å². The van der Waals surface area contributed by atoms with Crippen LogP contribution < -0.4 is 10.1 Å². The molecule has 0 bridgehead atoms. The fourth-order valence-corrected chi connectivity index (χ4v) is 5.09. The fourth-order valence-electron chi connectivity index (χ4n) is 5.09. The molecule has 2 atom stereocenters. The lowest BCUT2D eigenvalue weighted by Crippen LogP contribution is -2.49. The zero-order valence-corrected chi connectivity index (χ0v) is 17.8. The summed E-state index contributed by atoms with van der Waals surface area (Å²) in [4.78, 5) is 36.9. The van der Waals surface area contributed by atoms with Gasteiger partial charge in [-0.25, -0.2) is 9.97 Å². The predicted octanol–water partition coefficient (Wildman–Crippen LogP) is 3.22. The summed E-state index contributed by atoms with van der Waals surface area (Å²) in [7, 11) is 1.48. The van der Waals surface area contributed by atoms with Gasteiger partial charge in [-0.05, 0) is 36.5 Å². The van der Waals surface area contributed by atoms with Gasteiger partial charge in [-0.2, -0.15) is 0 Å². The monoisotopic (exact) mass is 428 g/mol. The number of ether oxygens (including phenoxy) is 1. The summed E-state index contributed by atoms with van der Waals surface area (Å²) in [5.74, 6) is -0.196. The lowest BCUT2D eigenvalue weighted by molar-refractivity contribution is -0.121. The van der Waals surface area contributed by atoms with Crippen molar-refractivity contribution in [3.63, 3.8) is 0 Å². The van der Waals surface area contributed by atoms with Crippen LogP contribution in [0, 0.1) is 0 Å². The van der Waals surface area contributed by atoms with Crippen LogP contribution in [0.15, 0.2) is 67.0 Å². The van der Waals surface area contributed by atoms with Gasteiger partial charge in [0.2, 0.25) is 5.91 Å². The van der Waals surface area contributed by atoms with E-state index in [1.165, 1.54) is 25.1 Å². The number of methoxy groups -OCH3 is 1. The van der Waals surface area contributed by atoms with E-state index in [2.05, 4.69) is 27.4 Å². The molecule has 32 heavy (non-hydrogen) atoms. The Labute approximate surface area is 186 Å². The first-order valence-electron chi connectivity index (χ1n) is 10.8. The molecule has 1 N–H and O–H groups in total. The van der Waals surface area contributed by atoms with Gasteiger partial charge >= 0.3 is 6.01 Å². The minimum Gasteiger partial charge on any atom is -0.467 e. The normalized spacial score (nSPS) is 21.5. The van der Waals surface area contributed by atoms with Gasteiger partial charge in [0, 0.05) is 24.6 Å². The number of carbonyl (C=O) groups excluding carboxylic acids is 2. The molecule has 2 aliphatic heterocycles. The molecule has 2 aliphatic rings. The maximum Gasteiger partial charge on any atom is 0.316 e. The number of benzene rings is 2. The van der Waals surface area contributed by atoms with E-state index < -0.39 is 5.41 Å². The number of carbonyl (C=O) groups is 2. The largest absolute Gasteiger partial charge is 0.467 e. The number of fused-ring (bicyclic) bond motifs is 2. The summed E-state index contributed by atoms with van der Waals surface area (Å²) in [6.07, 6.45) is 4.99. The molecule has 7 heteroatoms. The van der Waals surface area contributed by atoms with Crippen LogP contribution in [-0.4, -0.2) is 46.4 Å². The Balaban J connectivity index is 1.52. The van der Waals surface area contributed by atoms with Gasteiger partial charge in [-0.3, -0.25) is 9.59 Å². The Hall–Kier alpha value is -3.74. The maximum atomic E-state index is 13.5. The number of rotatable bonds is 5. The SMILES string of the molecule is COc1ncc(C(=O)N2CC[C@]3(C(=O)Nc4ccccc43)[C@@H]2CCc2ccccc2)cn1. The van der Waals surface area contributed by atoms with Crippen molar-refractivity contribution in [3.8, 4) is 6.01 Å². The van der Waals surface area contributed by atoms with Gasteiger partial charge in [0.15, 0.2) is 0 Å². The van der Waals surface area contributed by atoms with Crippen LogP contribution in [0.3, 0.4) is 0 Å². The van der Waals surface area contributed by atoms with Crippen molar-refractivity contribution < 1.29 is 14.3 Å². The van der Waals surface area contributed by atoms with E-state index in [1.807, 2.05) is 47.4 Å².